The molecule has 0 aromatic heterocycles. The van der Waals surface area contributed by atoms with Crippen LogP contribution in [0.3, 0.4) is 0 Å². The summed E-state index contributed by atoms with van der Waals surface area (Å²) in [5.41, 5.74) is 0.263. The van der Waals surface area contributed by atoms with Crippen LogP contribution in [0.15, 0.2) is 12.2 Å². The fourth-order valence-corrected chi connectivity index (χ4v) is 2.65. The van der Waals surface area contributed by atoms with Gasteiger partial charge in [-0.2, -0.15) is 0 Å². The van der Waals surface area contributed by atoms with Gasteiger partial charge in [-0.25, -0.2) is 0 Å². The molecule has 0 aromatic carbocycles. The van der Waals surface area contributed by atoms with Gasteiger partial charge in [-0.1, -0.05) is 84.8 Å². The number of hydrogen-bond donors (Lipinski definition) is 0. The molecule has 0 amide bonds. The Morgan fingerprint density at radius 1 is 0.846 bits per heavy atom. The lowest BCUT2D eigenvalue weighted by molar-refractivity contribution is -0.142. The molecule has 0 aliphatic carbocycles. The molecule has 0 saturated heterocycles. The summed E-state index contributed by atoms with van der Waals surface area (Å²) in [6.45, 7) is 11.0. The van der Waals surface area contributed by atoms with Gasteiger partial charge in [0.15, 0.2) is 0 Å². The molecule has 0 saturated carbocycles. The smallest absolute Gasteiger partial charge is 0.306 e. The number of unbranched alkanes of at least 4 members (excludes halogenated alkanes) is 9. The first-order valence-corrected chi connectivity index (χ1v) is 10.8. The molecule has 0 fully saturated rings. The van der Waals surface area contributed by atoms with Crippen LogP contribution in [0.5, 0.6) is 0 Å². The SMILES string of the molecule is CCCCCC/C=C\COC(=O)CCCCCCCCOCC(C)(C)C. The predicted octanol–water partition coefficient (Wildman–Crippen LogP) is 6.85. The first-order valence-electron chi connectivity index (χ1n) is 10.8. The first-order chi connectivity index (χ1) is 12.5. The van der Waals surface area contributed by atoms with E-state index in [9.17, 15) is 4.79 Å². The average molecular weight is 369 g/mol. The van der Waals surface area contributed by atoms with Crippen molar-refractivity contribution < 1.29 is 14.3 Å². The van der Waals surface area contributed by atoms with Crippen molar-refractivity contribution in [3.8, 4) is 0 Å². The van der Waals surface area contributed by atoms with Crippen LogP contribution >= 0.6 is 0 Å². The van der Waals surface area contributed by atoms with Crippen LogP contribution < -0.4 is 0 Å². The molecule has 0 aliphatic rings. The molecule has 0 unspecified atom stereocenters. The van der Waals surface area contributed by atoms with E-state index in [0.29, 0.717) is 13.0 Å². The maximum atomic E-state index is 11.6. The lowest BCUT2D eigenvalue weighted by Gasteiger charge is -2.17. The topological polar surface area (TPSA) is 35.5 Å². The maximum absolute atomic E-state index is 11.6. The number of hydrogen-bond acceptors (Lipinski definition) is 3. The number of carbonyl (C=O) groups is 1. The molecule has 0 aromatic rings. The van der Waals surface area contributed by atoms with E-state index in [2.05, 4.69) is 33.8 Å². The van der Waals surface area contributed by atoms with Gasteiger partial charge >= 0.3 is 5.97 Å². The van der Waals surface area contributed by atoms with E-state index in [0.717, 1.165) is 38.9 Å². The van der Waals surface area contributed by atoms with Crippen molar-refractivity contribution >= 4 is 5.97 Å². The van der Waals surface area contributed by atoms with Gasteiger partial charge in [0, 0.05) is 13.0 Å². The number of rotatable bonds is 17. The van der Waals surface area contributed by atoms with Gasteiger partial charge in [-0.3, -0.25) is 4.79 Å². The van der Waals surface area contributed by atoms with Crippen LogP contribution in [0.1, 0.15) is 105 Å². The van der Waals surface area contributed by atoms with E-state index in [1.165, 1.54) is 44.9 Å². The molecule has 0 aliphatic heterocycles. The molecule has 0 spiro atoms. The third-order valence-corrected chi connectivity index (χ3v) is 4.19. The van der Waals surface area contributed by atoms with Crippen molar-refractivity contribution in [1.29, 1.82) is 0 Å². The van der Waals surface area contributed by atoms with E-state index in [1.807, 2.05) is 6.08 Å². The van der Waals surface area contributed by atoms with E-state index < -0.39 is 0 Å². The summed E-state index contributed by atoms with van der Waals surface area (Å²) in [6.07, 6.45) is 17.7. The highest BCUT2D eigenvalue weighted by molar-refractivity contribution is 5.69. The molecule has 154 valence electrons. The van der Waals surface area contributed by atoms with Gasteiger partial charge < -0.3 is 9.47 Å². The second kappa shape index (κ2) is 17.6. The van der Waals surface area contributed by atoms with Crippen LogP contribution in [0.25, 0.3) is 0 Å². The Balaban J connectivity index is 3.27. The second-order valence-electron chi connectivity index (χ2n) is 8.49. The quantitative estimate of drug-likeness (QED) is 0.160. The summed E-state index contributed by atoms with van der Waals surface area (Å²) < 4.78 is 10.9. The maximum Gasteiger partial charge on any atom is 0.306 e. The van der Waals surface area contributed by atoms with Crippen molar-refractivity contribution in [3.05, 3.63) is 12.2 Å². The lowest BCUT2D eigenvalue weighted by Crippen LogP contribution is -2.14. The van der Waals surface area contributed by atoms with Crippen molar-refractivity contribution in [3.63, 3.8) is 0 Å². The average Bonchev–Trinajstić information content (AvgIpc) is 2.58. The van der Waals surface area contributed by atoms with Crippen LogP contribution in [0.4, 0.5) is 0 Å². The fourth-order valence-electron chi connectivity index (χ4n) is 2.65. The summed E-state index contributed by atoms with van der Waals surface area (Å²) in [6, 6.07) is 0. The normalized spacial score (nSPS) is 12.0. The third kappa shape index (κ3) is 21.2. The largest absolute Gasteiger partial charge is 0.461 e. The van der Waals surface area contributed by atoms with E-state index in [-0.39, 0.29) is 11.4 Å². The summed E-state index contributed by atoms with van der Waals surface area (Å²) in [5, 5.41) is 0. The third-order valence-electron chi connectivity index (χ3n) is 4.19. The molecule has 0 rings (SSSR count). The van der Waals surface area contributed by atoms with E-state index in [1.54, 1.807) is 0 Å². The Hall–Kier alpha value is -0.830. The monoisotopic (exact) mass is 368 g/mol. The zero-order chi connectivity index (χ0) is 19.5. The highest BCUT2D eigenvalue weighted by Gasteiger charge is 2.09. The molecule has 0 N–H and O–H groups in total. The minimum absolute atomic E-state index is 0.0591. The van der Waals surface area contributed by atoms with Crippen molar-refractivity contribution in [2.24, 2.45) is 5.41 Å². The summed E-state index contributed by atoms with van der Waals surface area (Å²) in [7, 11) is 0. The molecule has 3 nitrogen and oxygen atoms in total. The standard InChI is InChI=1S/C23H44O3/c1-5-6-7-8-10-14-17-20-26-22(24)18-15-12-9-11-13-16-19-25-21-23(2,3)4/h14,17H,5-13,15-16,18-21H2,1-4H3/b17-14-. The molecule has 26 heavy (non-hydrogen) atoms. The Kier molecular flexibility index (Phi) is 17.0. The molecular formula is C23H44O3. The van der Waals surface area contributed by atoms with Gasteiger partial charge in [0.05, 0.1) is 6.61 Å². The van der Waals surface area contributed by atoms with Crippen LogP contribution in [-0.2, 0) is 14.3 Å². The zero-order valence-electron chi connectivity index (χ0n) is 18.0. The Morgan fingerprint density at radius 2 is 1.50 bits per heavy atom. The molecule has 0 atom stereocenters. The highest BCUT2D eigenvalue weighted by atomic mass is 16.5. The van der Waals surface area contributed by atoms with Crippen molar-refractivity contribution in [1.82, 2.24) is 0 Å². The zero-order valence-corrected chi connectivity index (χ0v) is 18.0. The summed E-state index contributed by atoms with van der Waals surface area (Å²) >= 11 is 0. The van der Waals surface area contributed by atoms with E-state index in [4.69, 9.17) is 9.47 Å². The molecule has 0 bridgehead atoms. The van der Waals surface area contributed by atoms with Gasteiger partial charge in [0.1, 0.15) is 6.61 Å². The van der Waals surface area contributed by atoms with Crippen molar-refractivity contribution in [2.45, 2.75) is 105 Å². The van der Waals surface area contributed by atoms with E-state index >= 15 is 0 Å². The fraction of sp³-hybridized carbons (Fsp3) is 0.870. The number of allylic oxidation sites excluding steroid dienone is 1. The molecule has 0 heterocycles. The first kappa shape index (κ1) is 25.2. The van der Waals surface area contributed by atoms with Gasteiger partial charge in [-0.15, -0.1) is 0 Å². The van der Waals surface area contributed by atoms with Crippen LogP contribution in [0, 0.1) is 5.41 Å². The number of ether oxygens (including phenoxy) is 2. The van der Waals surface area contributed by atoms with Gasteiger partial charge in [0.2, 0.25) is 0 Å². The molecular weight excluding hydrogens is 324 g/mol. The second-order valence-corrected chi connectivity index (χ2v) is 8.49. The summed E-state index contributed by atoms with van der Waals surface area (Å²) in [5.74, 6) is -0.0591. The van der Waals surface area contributed by atoms with Crippen molar-refractivity contribution in [2.75, 3.05) is 19.8 Å². The Morgan fingerprint density at radius 3 is 2.19 bits per heavy atom. The minimum atomic E-state index is -0.0591. The predicted molar refractivity (Wildman–Crippen MR) is 111 cm³/mol. The number of esters is 1. The molecule has 3 heteroatoms. The van der Waals surface area contributed by atoms with Crippen LogP contribution in [0.2, 0.25) is 0 Å². The molecule has 0 radical (unpaired) electrons. The Labute approximate surface area is 162 Å². The lowest BCUT2D eigenvalue weighted by atomic mass is 9.99. The summed E-state index contributed by atoms with van der Waals surface area (Å²) in [4.78, 5) is 11.6. The van der Waals surface area contributed by atoms with Gasteiger partial charge in [-0.05, 0) is 31.1 Å². The van der Waals surface area contributed by atoms with Crippen LogP contribution in [-0.4, -0.2) is 25.8 Å². The Bertz CT molecular complexity index is 342. The highest BCUT2D eigenvalue weighted by Crippen LogP contribution is 2.13. The minimum Gasteiger partial charge on any atom is -0.461 e. The van der Waals surface area contributed by atoms with Gasteiger partial charge in [0.25, 0.3) is 0 Å². The number of carbonyl (C=O) groups excluding carboxylic acids is 1.